The monoisotopic (exact) mass is 291 g/mol. The van der Waals surface area contributed by atoms with Crippen molar-refractivity contribution in [2.75, 3.05) is 25.9 Å². The first-order valence-electron chi connectivity index (χ1n) is 6.83. The Morgan fingerprint density at radius 3 is 2.47 bits per heavy atom. The topological polar surface area (TPSA) is 92.5 Å². The van der Waals surface area contributed by atoms with Crippen LogP contribution in [0, 0.1) is 0 Å². The molecule has 0 aromatic rings. The van der Waals surface area contributed by atoms with E-state index in [2.05, 4.69) is 5.32 Å². The Balaban J connectivity index is 2.26. The summed E-state index contributed by atoms with van der Waals surface area (Å²) in [5.41, 5.74) is 5.31. The van der Waals surface area contributed by atoms with Crippen molar-refractivity contribution < 1.29 is 13.2 Å². The summed E-state index contributed by atoms with van der Waals surface area (Å²) < 4.78 is 24.3. The van der Waals surface area contributed by atoms with Crippen molar-refractivity contribution in [3.63, 3.8) is 0 Å². The van der Waals surface area contributed by atoms with Gasteiger partial charge in [0.2, 0.25) is 15.9 Å². The molecule has 0 bridgehead atoms. The summed E-state index contributed by atoms with van der Waals surface area (Å²) in [5.74, 6) is -0.00658. The van der Waals surface area contributed by atoms with Gasteiger partial charge in [0.15, 0.2) is 0 Å². The van der Waals surface area contributed by atoms with Crippen LogP contribution in [0.25, 0.3) is 0 Å². The highest BCUT2D eigenvalue weighted by Gasteiger charge is 2.36. The molecule has 3 N–H and O–H groups in total. The maximum absolute atomic E-state index is 11.9. The van der Waals surface area contributed by atoms with Crippen molar-refractivity contribution in [1.29, 1.82) is 0 Å². The van der Waals surface area contributed by atoms with E-state index in [-0.39, 0.29) is 11.7 Å². The summed E-state index contributed by atoms with van der Waals surface area (Å²) in [6.07, 6.45) is 4.08. The van der Waals surface area contributed by atoms with Crippen molar-refractivity contribution in [2.45, 2.75) is 44.6 Å². The zero-order valence-corrected chi connectivity index (χ0v) is 12.6. The van der Waals surface area contributed by atoms with Gasteiger partial charge in [0.05, 0.1) is 11.3 Å². The van der Waals surface area contributed by atoms with Crippen LogP contribution >= 0.6 is 0 Å². The number of carbonyl (C=O) groups is 1. The van der Waals surface area contributed by atoms with Crippen molar-refractivity contribution >= 4 is 15.9 Å². The standard InChI is InChI=1S/C12H25N3O3S/c1-3-19(17,18)15(2)10-6-9-14-11(16)12(13)7-4-5-8-12/h3-10,13H2,1-2H3,(H,14,16). The lowest BCUT2D eigenvalue weighted by molar-refractivity contribution is -0.126. The number of amides is 1. The first kappa shape index (κ1) is 16.4. The molecule has 1 aliphatic carbocycles. The SMILES string of the molecule is CCS(=O)(=O)N(C)CCCNC(=O)C1(N)CCCC1. The number of rotatable bonds is 7. The zero-order chi connectivity index (χ0) is 14.5. The van der Waals surface area contributed by atoms with Gasteiger partial charge < -0.3 is 11.1 Å². The molecule has 0 unspecified atom stereocenters. The molecule has 1 rings (SSSR count). The first-order chi connectivity index (χ1) is 8.82. The Morgan fingerprint density at radius 2 is 1.95 bits per heavy atom. The summed E-state index contributed by atoms with van der Waals surface area (Å²) in [6.45, 7) is 2.49. The number of carbonyl (C=O) groups excluding carboxylic acids is 1. The summed E-state index contributed by atoms with van der Waals surface area (Å²) >= 11 is 0. The Kier molecular flexibility index (Phi) is 5.76. The number of nitrogens with zero attached hydrogens (tertiary/aromatic N) is 1. The van der Waals surface area contributed by atoms with Gasteiger partial charge in [-0.05, 0) is 26.2 Å². The third-order valence-electron chi connectivity index (χ3n) is 3.72. The number of hydrogen-bond acceptors (Lipinski definition) is 4. The molecule has 0 spiro atoms. The van der Waals surface area contributed by atoms with Crippen LogP contribution in [0.1, 0.15) is 39.0 Å². The van der Waals surface area contributed by atoms with Crippen molar-refractivity contribution in [2.24, 2.45) is 5.73 Å². The molecule has 1 fully saturated rings. The van der Waals surface area contributed by atoms with Crippen LogP contribution in [0.15, 0.2) is 0 Å². The second-order valence-electron chi connectivity index (χ2n) is 5.19. The molecule has 1 amide bonds. The van der Waals surface area contributed by atoms with Crippen LogP contribution < -0.4 is 11.1 Å². The van der Waals surface area contributed by atoms with Gasteiger partial charge in [-0.25, -0.2) is 12.7 Å². The lowest BCUT2D eigenvalue weighted by Crippen LogP contribution is -2.52. The van der Waals surface area contributed by atoms with E-state index in [4.69, 9.17) is 5.73 Å². The molecule has 0 aromatic carbocycles. The second kappa shape index (κ2) is 6.67. The molecular weight excluding hydrogens is 266 g/mol. The van der Waals surface area contributed by atoms with E-state index >= 15 is 0 Å². The molecule has 112 valence electrons. The average molecular weight is 291 g/mol. The molecule has 0 atom stereocenters. The third-order valence-corrected chi connectivity index (χ3v) is 5.58. The largest absolute Gasteiger partial charge is 0.354 e. The number of nitrogens with one attached hydrogen (secondary N) is 1. The Bertz CT molecular complexity index is 402. The highest BCUT2D eigenvalue weighted by molar-refractivity contribution is 7.89. The number of sulfonamides is 1. The average Bonchev–Trinajstić information content (AvgIpc) is 2.82. The van der Waals surface area contributed by atoms with Crippen LogP contribution in [0.5, 0.6) is 0 Å². The van der Waals surface area contributed by atoms with Gasteiger partial charge in [-0.2, -0.15) is 0 Å². The van der Waals surface area contributed by atoms with Crippen LogP contribution in [-0.2, 0) is 14.8 Å². The smallest absolute Gasteiger partial charge is 0.240 e. The van der Waals surface area contributed by atoms with Crippen LogP contribution in [0.2, 0.25) is 0 Å². The van der Waals surface area contributed by atoms with E-state index in [0.717, 1.165) is 25.7 Å². The molecule has 6 nitrogen and oxygen atoms in total. The highest BCUT2D eigenvalue weighted by Crippen LogP contribution is 2.27. The van der Waals surface area contributed by atoms with E-state index in [9.17, 15) is 13.2 Å². The maximum atomic E-state index is 11.9. The zero-order valence-electron chi connectivity index (χ0n) is 11.8. The molecular formula is C12H25N3O3S. The van der Waals surface area contributed by atoms with Gasteiger partial charge in [0, 0.05) is 20.1 Å². The predicted molar refractivity (Wildman–Crippen MR) is 75.1 cm³/mol. The molecule has 0 aromatic heterocycles. The van der Waals surface area contributed by atoms with Crippen LogP contribution in [0.3, 0.4) is 0 Å². The fourth-order valence-electron chi connectivity index (χ4n) is 2.27. The second-order valence-corrected chi connectivity index (χ2v) is 7.56. The van der Waals surface area contributed by atoms with E-state index in [1.807, 2.05) is 0 Å². The molecule has 0 aliphatic heterocycles. The summed E-state index contributed by atoms with van der Waals surface area (Å²) in [5, 5.41) is 2.80. The molecule has 1 aliphatic rings. The normalized spacial score (nSPS) is 18.7. The van der Waals surface area contributed by atoms with Crippen LogP contribution in [0.4, 0.5) is 0 Å². The minimum atomic E-state index is -3.13. The van der Waals surface area contributed by atoms with Crippen molar-refractivity contribution in [1.82, 2.24) is 9.62 Å². The summed E-state index contributed by atoms with van der Waals surface area (Å²) in [6, 6.07) is 0. The fraction of sp³-hybridized carbons (Fsp3) is 0.917. The maximum Gasteiger partial charge on any atom is 0.240 e. The van der Waals surface area contributed by atoms with Crippen molar-refractivity contribution in [3.05, 3.63) is 0 Å². The Labute approximate surface area is 115 Å². The minimum Gasteiger partial charge on any atom is -0.354 e. The molecule has 19 heavy (non-hydrogen) atoms. The van der Waals surface area contributed by atoms with E-state index in [1.54, 1.807) is 14.0 Å². The molecule has 0 saturated heterocycles. The third kappa shape index (κ3) is 4.43. The van der Waals surface area contributed by atoms with Gasteiger partial charge in [-0.15, -0.1) is 0 Å². The Hall–Kier alpha value is -0.660. The van der Waals surface area contributed by atoms with Gasteiger partial charge in [0.1, 0.15) is 0 Å². The minimum absolute atomic E-state index is 0.0990. The van der Waals surface area contributed by atoms with Crippen LogP contribution in [-0.4, -0.2) is 50.1 Å². The summed E-state index contributed by atoms with van der Waals surface area (Å²) in [4.78, 5) is 11.9. The van der Waals surface area contributed by atoms with Gasteiger partial charge in [-0.1, -0.05) is 12.8 Å². The molecule has 0 radical (unpaired) electrons. The Morgan fingerprint density at radius 1 is 1.37 bits per heavy atom. The lowest BCUT2D eigenvalue weighted by atomic mass is 9.98. The fourth-order valence-corrected chi connectivity index (χ4v) is 3.12. The summed E-state index contributed by atoms with van der Waals surface area (Å²) in [7, 11) is -1.57. The van der Waals surface area contributed by atoms with Gasteiger partial charge in [-0.3, -0.25) is 4.79 Å². The van der Waals surface area contributed by atoms with E-state index in [0.29, 0.717) is 19.5 Å². The lowest BCUT2D eigenvalue weighted by Gasteiger charge is -2.22. The number of nitrogens with two attached hydrogens (primary N) is 1. The van der Waals surface area contributed by atoms with E-state index < -0.39 is 15.6 Å². The van der Waals surface area contributed by atoms with E-state index in [1.165, 1.54) is 4.31 Å². The predicted octanol–water partition coefficient (Wildman–Crippen LogP) is 0.0457. The van der Waals surface area contributed by atoms with Gasteiger partial charge in [0.25, 0.3) is 0 Å². The molecule has 7 heteroatoms. The molecule has 1 saturated carbocycles. The number of hydrogen-bond donors (Lipinski definition) is 2. The highest BCUT2D eigenvalue weighted by atomic mass is 32.2. The quantitative estimate of drug-likeness (QED) is 0.648. The first-order valence-corrected chi connectivity index (χ1v) is 8.44. The van der Waals surface area contributed by atoms with Gasteiger partial charge >= 0.3 is 0 Å². The molecule has 0 heterocycles. The van der Waals surface area contributed by atoms with Crippen molar-refractivity contribution in [3.8, 4) is 0 Å².